The van der Waals surface area contributed by atoms with Crippen molar-refractivity contribution < 1.29 is 4.79 Å². The zero-order valence-corrected chi connectivity index (χ0v) is 7.47. The molecule has 0 N–H and O–H groups in total. The Morgan fingerprint density at radius 1 is 1.36 bits per heavy atom. The molecule has 0 atom stereocenters. The van der Waals surface area contributed by atoms with Gasteiger partial charge in [0, 0.05) is 0 Å². The Morgan fingerprint density at radius 2 is 1.91 bits per heavy atom. The Hall–Kier alpha value is -0.370. The molecule has 2 heteroatoms. The Balaban J connectivity index is 2.30. The lowest BCUT2D eigenvalue weighted by Crippen LogP contribution is -2.38. The summed E-state index contributed by atoms with van der Waals surface area (Å²) in [7, 11) is 0. The Morgan fingerprint density at radius 3 is 2.36 bits per heavy atom. The Labute approximate surface area is 68.6 Å². The predicted molar refractivity (Wildman–Crippen MR) is 45.5 cm³/mol. The lowest BCUT2D eigenvalue weighted by Gasteiger charge is -2.35. The third-order valence-corrected chi connectivity index (χ3v) is 2.54. The standard InChI is InChI=1S/C9H17NO/c1-9(2)3-5-10(6-4-9)7-8-11/h8H,3-7H2,1-2H3. The molecule has 1 saturated heterocycles. The van der Waals surface area contributed by atoms with Gasteiger partial charge in [-0.15, -0.1) is 0 Å². The number of carbonyl (C=O) groups is 1. The average molecular weight is 155 g/mol. The van der Waals surface area contributed by atoms with Crippen LogP contribution in [0.4, 0.5) is 0 Å². The van der Waals surface area contributed by atoms with Crippen LogP contribution in [0.25, 0.3) is 0 Å². The van der Waals surface area contributed by atoms with Gasteiger partial charge in [-0.05, 0) is 31.3 Å². The fraction of sp³-hybridized carbons (Fsp3) is 0.889. The van der Waals surface area contributed by atoms with Crippen molar-refractivity contribution in [3.05, 3.63) is 0 Å². The fourth-order valence-electron chi connectivity index (χ4n) is 1.45. The number of rotatable bonds is 2. The summed E-state index contributed by atoms with van der Waals surface area (Å²) in [5.74, 6) is 0. The topological polar surface area (TPSA) is 20.3 Å². The molecule has 1 heterocycles. The summed E-state index contributed by atoms with van der Waals surface area (Å²) in [5, 5.41) is 0. The van der Waals surface area contributed by atoms with E-state index in [0.717, 1.165) is 19.4 Å². The predicted octanol–water partition coefficient (Wildman–Crippen LogP) is 1.31. The summed E-state index contributed by atoms with van der Waals surface area (Å²) in [6, 6.07) is 0. The first-order valence-electron chi connectivity index (χ1n) is 4.30. The van der Waals surface area contributed by atoms with E-state index >= 15 is 0 Å². The van der Waals surface area contributed by atoms with Gasteiger partial charge in [0.2, 0.25) is 0 Å². The maximum atomic E-state index is 10.2. The molecule has 1 fully saturated rings. The molecule has 2 nitrogen and oxygen atoms in total. The van der Waals surface area contributed by atoms with E-state index in [0.29, 0.717) is 12.0 Å². The second-order valence-corrected chi connectivity index (χ2v) is 4.13. The van der Waals surface area contributed by atoms with Crippen LogP contribution in [0.5, 0.6) is 0 Å². The Kier molecular flexibility index (Phi) is 2.66. The number of aldehydes is 1. The normalized spacial score (nSPS) is 24.9. The number of nitrogens with zero attached hydrogens (tertiary/aromatic N) is 1. The van der Waals surface area contributed by atoms with Crippen LogP contribution in [0.1, 0.15) is 26.7 Å². The van der Waals surface area contributed by atoms with Gasteiger partial charge in [-0.25, -0.2) is 0 Å². The minimum atomic E-state index is 0.499. The highest BCUT2D eigenvalue weighted by atomic mass is 16.1. The number of piperidine rings is 1. The molecule has 0 aromatic carbocycles. The molecular weight excluding hydrogens is 138 g/mol. The Bertz CT molecular complexity index is 132. The maximum absolute atomic E-state index is 10.2. The van der Waals surface area contributed by atoms with E-state index in [9.17, 15) is 4.79 Å². The van der Waals surface area contributed by atoms with Crippen molar-refractivity contribution in [2.45, 2.75) is 26.7 Å². The van der Waals surface area contributed by atoms with Crippen LogP contribution in [0, 0.1) is 5.41 Å². The average Bonchev–Trinajstić information content (AvgIpc) is 1.94. The molecule has 0 spiro atoms. The van der Waals surface area contributed by atoms with E-state index in [2.05, 4.69) is 18.7 Å². The molecule has 64 valence electrons. The third kappa shape index (κ3) is 2.62. The molecule has 0 aliphatic carbocycles. The zero-order valence-electron chi connectivity index (χ0n) is 7.47. The van der Waals surface area contributed by atoms with Gasteiger partial charge in [0.15, 0.2) is 0 Å². The maximum Gasteiger partial charge on any atom is 0.133 e. The van der Waals surface area contributed by atoms with Crippen molar-refractivity contribution in [3.63, 3.8) is 0 Å². The smallest absolute Gasteiger partial charge is 0.133 e. The van der Waals surface area contributed by atoms with Crippen molar-refractivity contribution in [1.29, 1.82) is 0 Å². The van der Waals surface area contributed by atoms with E-state index < -0.39 is 0 Å². The lowest BCUT2D eigenvalue weighted by molar-refractivity contribution is -0.109. The van der Waals surface area contributed by atoms with Crippen molar-refractivity contribution in [2.75, 3.05) is 19.6 Å². The molecule has 1 aliphatic rings. The van der Waals surface area contributed by atoms with Gasteiger partial charge in [0.05, 0.1) is 6.54 Å². The molecular formula is C9H17NO. The van der Waals surface area contributed by atoms with Gasteiger partial charge in [0.1, 0.15) is 6.29 Å². The first kappa shape index (κ1) is 8.72. The zero-order chi connectivity index (χ0) is 8.32. The molecule has 0 aromatic heterocycles. The molecule has 0 bridgehead atoms. The molecule has 0 aromatic rings. The summed E-state index contributed by atoms with van der Waals surface area (Å²) in [5.41, 5.74) is 0.499. The first-order chi connectivity index (χ1) is 5.14. The van der Waals surface area contributed by atoms with Gasteiger partial charge in [-0.2, -0.15) is 0 Å². The van der Waals surface area contributed by atoms with Crippen molar-refractivity contribution in [2.24, 2.45) is 5.41 Å². The second-order valence-electron chi connectivity index (χ2n) is 4.13. The lowest BCUT2D eigenvalue weighted by atomic mass is 9.83. The van der Waals surface area contributed by atoms with E-state index in [1.807, 2.05) is 0 Å². The van der Waals surface area contributed by atoms with Crippen LogP contribution in [-0.2, 0) is 4.79 Å². The monoisotopic (exact) mass is 155 g/mol. The quantitative estimate of drug-likeness (QED) is 0.560. The molecule has 0 unspecified atom stereocenters. The summed E-state index contributed by atoms with van der Waals surface area (Å²) in [6.45, 7) is 7.39. The number of carbonyl (C=O) groups excluding carboxylic acids is 1. The SMILES string of the molecule is CC1(C)CCN(CC=O)CC1. The van der Waals surface area contributed by atoms with Gasteiger partial charge in [-0.3, -0.25) is 4.90 Å². The fourth-order valence-corrected chi connectivity index (χ4v) is 1.45. The van der Waals surface area contributed by atoms with Crippen LogP contribution in [-0.4, -0.2) is 30.8 Å². The van der Waals surface area contributed by atoms with Gasteiger partial charge in [-0.1, -0.05) is 13.8 Å². The van der Waals surface area contributed by atoms with Crippen molar-refractivity contribution in [3.8, 4) is 0 Å². The van der Waals surface area contributed by atoms with Crippen LogP contribution in [0.2, 0.25) is 0 Å². The van der Waals surface area contributed by atoms with Gasteiger partial charge >= 0.3 is 0 Å². The molecule has 0 saturated carbocycles. The van der Waals surface area contributed by atoms with Crippen LogP contribution in [0.3, 0.4) is 0 Å². The number of hydrogen-bond acceptors (Lipinski definition) is 2. The molecule has 1 aliphatic heterocycles. The van der Waals surface area contributed by atoms with E-state index in [1.54, 1.807) is 0 Å². The van der Waals surface area contributed by atoms with Crippen LogP contribution >= 0.6 is 0 Å². The summed E-state index contributed by atoms with van der Waals surface area (Å²) in [4.78, 5) is 12.4. The minimum absolute atomic E-state index is 0.499. The molecule has 11 heavy (non-hydrogen) atoms. The first-order valence-corrected chi connectivity index (χ1v) is 4.30. The molecule has 0 amide bonds. The van der Waals surface area contributed by atoms with E-state index in [1.165, 1.54) is 12.8 Å². The molecule has 1 rings (SSSR count). The van der Waals surface area contributed by atoms with Crippen LogP contribution < -0.4 is 0 Å². The highest BCUT2D eigenvalue weighted by Crippen LogP contribution is 2.29. The highest BCUT2D eigenvalue weighted by molar-refractivity contribution is 5.51. The highest BCUT2D eigenvalue weighted by Gasteiger charge is 2.24. The number of likely N-dealkylation sites (tertiary alicyclic amines) is 1. The number of hydrogen-bond donors (Lipinski definition) is 0. The van der Waals surface area contributed by atoms with Crippen LogP contribution in [0.15, 0.2) is 0 Å². The van der Waals surface area contributed by atoms with E-state index in [-0.39, 0.29) is 0 Å². The summed E-state index contributed by atoms with van der Waals surface area (Å²) in [6.07, 6.45) is 3.44. The molecule has 0 radical (unpaired) electrons. The van der Waals surface area contributed by atoms with E-state index in [4.69, 9.17) is 0 Å². The van der Waals surface area contributed by atoms with Gasteiger partial charge < -0.3 is 4.79 Å². The largest absolute Gasteiger partial charge is 0.302 e. The van der Waals surface area contributed by atoms with Crippen molar-refractivity contribution >= 4 is 6.29 Å². The summed E-state index contributed by atoms with van der Waals surface area (Å²) >= 11 is 0. The summed E-state index contributed by atoms with van der Waals surface area (Å²) < 4.78 is 0. The second kappa shape index (κ2) is 3.35. The van der Waals surface area contributed by atoms with Gasteiger partial charge in [0.25, 0.3) is 0 Å². The third-order valence-electron chi connectivity index (χ3n) is 2.54. The van der Waals surface area contributed by atoms with Crippen molar-refractivity contribution in [1.82, 2.24) is 4.90 Å². The minimum Gasteiger partial charge on any atom is -0.302 e.